The van der Waals surface area contributed by atoms with Gasteiger partial charge in [-0.1, -0.05) is 29.3 Å². The number of carbonyl (C=O) groups is 1. The van der Waals surface area contributed by atoms with Crippen LogP contribution in [0.15, 0.2) is 18.2 Å². The molecule has 0 N–H and O–H groups in total. The van der Waals surface area contributed by atoms with E-state index in [1.54, 1.807) is 0 Å². The van der Waals surface area contributed by atoms with Gasteiger partial charge in [0, 0.05) is 12.3 Å². The standard InChI is InChI=1S/C16H20O/c1-10-3-11(2)5-12(4-10)6-16(17)15-8-13-7-14(13)9-15/h3-5,13-15H,6-9H2,1-2H3. The first-order chi connectivity index (χ1) is 8.11. The second-order valence-corrected chi connectivity index (χ2v) is 6.06. The molecule has 0 bridgehead atoms. The van der Waals surface area contributed by atoms with Gasteiger partial charge in [-0.3, -0.25) is 4.79 Å². The molecule has 1 aromatic carbocycles. The smallest absolute Gasteiger partial charge is 0.140 e. The Morgan fingerprint density at radius 1 is 1.06 bits per heavy atom. The van der Waals surface area contributed by atoms with Gasteiger partial charge in [-0.15, -0.1) is 0 Å². The molecule has 3 rings (SSSR count). The number of carbonyl (C=O) groups excluding carboxylic acids is 1. The van der Waals surface area contributed by atoms with Crippen LogP contribution in [-0.2, 0) is 11.2 Å². The van der Waals surface area contributed by atoms with Crippen LogP contribution in [0.3, 0.4) is 0 Å². The highest BCUT2D eigenvalue weighted by Gasteiger charge is 2.47. The maximum absolute atomic E-state index is 12.2. The van der Waals surface area contributed by atoms with Crippen LogP contribution in [0, 0.1) is 31.6 Å². The molecule has 90 valence electrons. The molecule has 0 radical (unpaired) electrons. The monoisotopic (exact) mass is 228 g/mol. The largest absolute Gasteiger partial charge is 0.299 e. The number of ketones is 1. The molecule has 2 atom stereocenters. The van der Waals surface area contributed by atoms with Crippen LogP contribution in [0.1, 0.15) is 36.0 Å². The minimum Gasteiger partial charge on any atom is -0.299 e. The highest BCUT2D eigenvalue weighted by Crippen LogP contribution is 2.54. The molecule has 2 fully saturated rings. The summed E-state index contributed by atoms with van der Waals surface area (Å²) in [6.45, 7) is 4.21. The second-order valence-electron chi connectivity index (χ2n) is 6.06. The van der Waals surface area contributed by atoms with Crippen LogP contribution in [0.4, 0.5) is 0 Å². The van der Waals surface area contributed by atoms with E-state index in [0.717, 1.165) is 11.8 Å². The van der Waals surface area contributed by atoms with Crippen molar-refractivity contribution in [3.63, 3.8) is 0 Å². The van der Waals surface area contributed by atoms with Gasteiger partial charge in [0.1, 0.15) is 5.78 Å². The van der Waals surface area contributed by atoms with Gasteiger partial charge in [-0.05, 0) is 50.5 Å². The molecule has 2 saturated carbocycles. The second kappa shape index (κ2) is 3.97. The lowest BCUT2D eigenvalue weighted by Gasteiger charge is -2.11. The van der Waals surface area contributed by atoms with Gasteiger partial charge in [0.15, 0.2) is 0 Å². The van der Waals surface area contributed by atoms with Gasteiger partial charge < -0.3 is 0 Å². The zero-order valence-electron chi connectivity index (χ0n) is 10.7. The van der Waals surface area contributed by atoms with Crippen molar-refractivity contribution in [1.29, 1.82) is 0 Å². The van der Waals surface area contributed by atoms with Crippen molar-refractivity contribution in [2.24, 2.45) is 17.8 Å². The molecule has 0 aromatic heterocycles. The zero-order valence-corrected chi connectivity index (χ0v) is 10.7. The Kier molecular flexibility index (Phi) is 2.57. The average molecular weight is 228 g/mol. The van der Waals surface area contributed by atoms with Gasteiger partial charge in [0.25, 0.3) is 0 Å². The molecular weight excluding hydrogens is 208 g/mol. The Labute approximate surface area is 103 Å². The summed E-state index contributed by atoms with van der Waals surface area (Å²) in [7, 11) is 0. The van der Waals surface area contributed by atoms with Gasteiger partial charge in [-0.25, -0.2) is 0 Å². The average Bonchev–Trinajstić information content (AvgIpc) is 2.84. The number of aryl methyl sites for hydroxylation is 2. The molecule has 2 aliphatic rings. The SMILES string of the molecule is Cc1cc(C)cc(CC(=O)C2CC3CC3C2)c1. The summed E-state index contributed by atoms with van der Waals surface area (Å²) < 4.78 is 0. The van der Waals surface area contributed by atoms with E-state index in [2.05, 4.69) is 32.0 Å². The maximum atomic E-state index is 12.2. The van der Waals surface area contributed by atoms with E-state index >= 15 is 0 Å². The molecule has 0 aliphatic heterocycles. The van der Waals surface area contributed by atoms with Crippen molar-refractivity contribution in [3.8, 4) is 0 Å². The molecule has 1 nitrogen and oxygen atoms in total. The minimum atomic E-state index is 0.375. The fourth-order valence-electron chi connectivity index (χ4n) is 3.49. The summed E-state index contributed by atoms with van der Waals surface area (Å²) in [4.78, 5) is 12.2. The number of hydrogen-bond donors (Lipinski definition) is 0. The summed E-state index contributed by atoms with van der Waals surface area (Å²) in [6.07, 6.45) is 4.39. The lowest BCUT2D eigenvalue weighted by atomic mass is 9.92. The molecule has 1 aromatic rings. The summed E-state index contributed by atoms with van der Waals surface area (Å²) in [5.74, 6) is 2.66. The van der Waals surface area contributed by atoms with Crippen molar-refractivity contribution >= 4 is 5.78 Å². The first-order valence-corrected chi connectivity index (χ1v) is 6.71. The molecular formula is C16H20O. The molecule has 2 aliphatic carbocycles. The maximum Gasteiger partial charge on any atom is 0.140 e. The molecule has 1 heteroatoms. The molecule has 0 saturated heterocycles. The quantitative estimate of drug-likeness (QED) is 0.774. The Morgan fingerprint density at radius 2 is 1.65 bits per heavy atom. The fraction of sp³-hybridized carbons (Fsp3) is 0.562. The predicted molar refractivity (Wildman–Crippen MR) is 68.9 cm³/mol. The minimum absolute atomic E-state index is 0.375. The van der Waals surface area contributed by atoms with Crippen LogP contribution in [0.2, 0.25) is 0 Å². The van der Waals surface area contributed by atoms with Gasteiger partial charge in [-0.2, -0.15) is 0 Å². The van der Waals surface area contributed by atoms with E-state index in [1.165, 1.54) is 36.0 Å². The highest BCUT2D eigenvalue weighted by atomic mass is 16.1. The van der Waals surface area contributed by atoms with Crippen molar-refractivity contribution in [2.75, 3.05) is 0 Å². The number of fused-ring (bicyclic) bond motifs is 1. The summed E-state index contributed by atoms with van der Waals surface area (Å²) in [6, 6.07) is 6.47. The van der Waals surface area contributed by atoms with Crippen LogP contribution < -0.4 is 0 Å². The molecule has 17 heavy (non-hydrogen) atoms. The topological polar surface area (TPSA) is 17.1 Å². The van der Waals surface area contributed by atoms with Crippen molar-refractivity contribution in [2.45, 2.75) is 39.5 Å². The van der Waals surface area contributed by atoms with Crippen LogP contribution in [-0.4, -0.2) is 5.78 Å². The van der Waals surface area contributed by atoms with E-state index in [9.17, 15) is 4.79 Å². The van der Waals surface area contributed by atoms with E-state index in [4.69, 9.17) is 0 Å². The number of rotatable bonds is 3. The third kappa shape index (κ3) is 2.29. The van der Waals surface area contributed by atoms with Crippen molar-refractivity contribution < 1.29 is 4.79 Å². The molecule has 0 spiro atoms. The molecule has 0 heterocycles. The third-order valence-corrected chi connectivity index (χ3v) is 4.36. The van der Waals surface area contributed by atoms with E-state index in [0.29, 0.717) is 18.1 Å². The number of hydrogen-bond acceptors (Lipinski definition) is 1. The number of benzene rings is 1. The van der Waals surface area contributed by atoms with Crippen LogP contribution >= 0.6 is 0 Å². The van der Waals surface area contributed by atoms with Gasteiger partial charge in [0.05, 0.1) is 0 Å². The van der Waals surface area contributed by atoms with Crippen molar-refractivity contribution in [3.05, 3.63) is 34.9 Å². The highest BCUT2D eigenvalue weighted by molar-refractivity contribution is 5.83. The lowest BCUT2D eigenvalue weighted by Crippen LogP contribution is -2.15. The Hall–Kier alpha value is -1.11. The van der Waals surface area contributed by atoms with Gasteiger partial charge in [0.2, 0.25) is 0 Å². The molecule has 0 amide bonds. The Morgan fingerprint density at radius 3 is 2.24 bits per heavy atom. The lowest BCUT2D eigenvalue weighted by molar-refractivity contribution is -0.122. The summed E-state index contributed by atoms with van der Waals surface area (Å²) in [5, 5.41) is 0. The summed E-state index contributed by atoms with van der Waals surface area (Å²) >= 11 is 0. The number of Topliss-reactive ketones (excluding diaryl/α,β-unsaturated/α-hetero) is 1. The van der Waals surface area contributed by atoms with E-state index < -0.39 is 0 Å². The Balaban J connectivity index is 1.67. The zero-order chi connectivity index (χ0) is 12.0. The van der Waals surface area contributed by atoms with Crippen LogP contribution in [0.25, 0.3) is 0 Å². The molecule has 2 unspecified atom stereocenters. The third-order valence-electron chi connectivity index (χ3n) is 4.36. The normalized spacial score (nSPS) is 30.1. The first kappa shape index (κ1) is 11.0. The van der Waals surface area contributed by atoms with E-state index in [1.807, 2.05) is 0 Å². The van der Waals surface area contributed by atoms with Crippen LogP contribution in [0.5, 0.6) is 0 Å². The predicted octanol–water partition coefficient (Wildman–Crippen LogP) is 3.46. The van der Waals surface area contributed by atoms with Gasteiger partial charge >= 0.3 is 0 Å². The van der Waals surface area contributed by atoms with E-state index in [-0.39, 0.29) is 0 Å². The fourth-order valence-corrected chi connectivity index (χ4v) is 3.49. The first-order valence-electron chi connectivity index (χ1n) is 6.71. The Bertz CT molecular complexity index is 430. The summed E-state index contributed by atoms with van der Waals surface area (Å²) in [5.41, 5.74) is 3.73. The van der Waals surface area contributed by atoms with Crippen molar-refractivity contribution in [1.82, 2.24) is 0 Å².